The molecule has 0 saturated carbocycles. The maximum absolute atomic E-state index is 14.6. The van der Waals surface area contributed by atoms with E-state index in [9.17, 15) is 52.7 Å². The fraction of sp³-hybridized carbons (Fsp3) is 0.375. The van der Waals surface area contributed by atoms with Crippen LogP contribution in [0.15, 0.2) is 0 Å². The molecule has 5 heterocycles. The number of halogens is 12. The van der Waals surface area contributed by atoms with Crippen molar-refractivity contribution in [2.45, 2.75) is 78.1 Å². The topological polar surface area (TPSA) is 63.2 Å². The van der Waals surface area contributed by atoms with E-state index in [1.54, 1.807) is 0 Å². The van der Waals surface area contributed by atoms with E-state index < -0.39 is 90.6 Å². The summed E-state index contributed by atoms with van der Waals surface area (Å²) in [7, 11) is 0. The third-order valence-corrected chi connectivity index (χ3v) is 8.43. The Labute approximate surface area is 262 Å². The Hall–Kier alpha value is -4.24. The number of hydrogen-bond donors (Lipinski definition) is 4. The number of hydrogen-bond acceptors (Lipinski definition) is 0. The number of nitrogens with one attached hydrogen (secondary N) is 4. The minimum atomic E-state index is -5.16. The Bertz CT molecular complexity index is 2010. The van der Waals surface area contributed by atoms with Crippen molar-refractivity contribution in [3.05, 3.63) is 87.3 Å². The molecule has 1 aliphatic heterocycles. The molecule has 4 nitrogen and oxygen atoms in total. The minimum Gasteiger partial charge on any atom is -0.353 e. The molecule has 0 aromatic carbocycles. The molecule has 0 radical (unpaired) electrons. The van der Waals surface area contributed by atoms with Gasteiger partial charge in [0.25, 0.3) is 0 Å². The van der Waals surface area contributed by atoms with Crippen LogP contribution in [0.5, 0.6) is 0 Å². The Balaban J connectivity index is 2.25. The summed E-state index contributed by atoms with van der Waals surface area (Å²) < 4.78 is 175. The van der Waals surface area contributed by atoms with Crippen LogP contribution in [0.4, 0.5) is 52.7 Å². The quantitative estimate of drug-likeness (QED) is 0.171. The maximum atomic E-state index is 14.6. The Morgan fingerprint density at radius 3 is 0.646 bits per heavy atom. The summed E-state index contributed by atoms with van der Waals surface area (Å²) in [5.41, 5.74) is -7.42. The van der Waals surface area contributed by atoms with Crippen molar-refractivity contribution in [2.24, 2.45) is 0 Å². The van der Waals surface area contributed by atoms with E-state index in [2.05, 4.69) is 19.9 Å². The van der Waals surface area contributed by atoms with Crippen LogP contribution in [-0.4, -0.2) is 19.9 Å². The van der Waals surface area contributed by atoms with Crippen molar-refractivity contribution >= 4 is 24.3 Å². The predicted molar refractivity (Wildman–Crippen MR) is 152 cm³/mol. The van der Waals surface area contributed by atoms with E-state index in [1.807, 2.05) is 0 Å². The van der Waals surface area contributed by atoms with E-state index in [0.29, 0.717) is 0 Å². The van der Waals surface area contributed by atoms with Crippen molar-refractivity contribution in [3.63, 3.8) is 0 Å². The van der Waals surface area contributed by atoms with Gasteiger partial charge in [-0.15, -0.1) is 0 Å². The van der Waals surface area contributed by atoms with Crippen LogP contribution < -0.4 is 21.4 Å². The number of aromatic amines is 4. The highest BCUT2D eigenvalue weighted by Gasteiger charge is 2.42. The second-order valence-electron chi connectivity index (χ2n) is 11.1. The second-order valence-corrected chi connectivity index (χ2v) is 11.1. The molecule has 48 heavy (non-hydrogen) atoms. The van der Waals surface area contributed by atoms with Gasteiger partial charge in [-0.1, -0.05) is 27.7 Å². The SMILES string of the molecule is CCc1c(C(F)(F)F)/c2[nH]/c1=C\C=c1/[nH]/c(c(C(F)(F)F)c1CC)=c1\[nH]/c(c(CC)c1C(F)(F)F)=C\C=c1/[nH]\c=2c(C(F)(F)F)c1CC. The van der Waals surface area contributed by atoms with E-state index in [1.165, 1.54) is 27.7 Å². The fourth-order valence-corrected chi connectivity index (χ4v) is 6.61. The van der Waals surface area contributed by atoms with E-state index in [4.69, 9.17) is 0 Å². The van der Waals surface area contributed by atoms with Crippen LogP contribution in [0, 0.1) is 21.4 Å². The molecule has 8 bridgehead atoms. The van der Waals surface area contributed by atoms with E-state index in [0.717, 1.165) is 24.3 Å². The fourth-order valence-electron chi connectivity index (χ4n) is 6.61. The molecule has 0 fully saturated rings. The first kappa shape index (κ1) is 35.1. The van der Waals surface area contributed by atoms with Gasteiger partial charge in [-0.05, 0) is 72.2 Å². The minimum absolute atomic E-state index is 0.343. The largest absolute Gasteiger partial charge is 0.418 e. The third-order valence-electron chi connectivity index (χ3n) is 8.43. The summed E-state index contributed by atoms with van der Waals surface area (Å²) >= 11 is 0. The summed E-state index contributed by atoms with van der Waals surface area (Å²) in [6.07, 6.45) is -18.1. The molecule has 5 rings (SSSR count). The smallest absolute Gasteiger partial charge is 0.353 e. The van der Waals surface area contributed by atoms with Crippen molar-refractivity contribution < 1.29 is 52.7 Å². The van der Waals surface area contributed by atoms with Gasteiger partial charge in [0, 0.05) is 21.4 Å². The molecule has 16 heteroatoms. The highest BCUT2D eigenvalue weighted by molar-refractivity contribution is 5.64. The standard InChI is InChI=1S/C32H28F12N4/c1-5-13-17-9-10-18-14(6-2)23(31(39,40)41)27(47-18)28-24(32(42,43)44)16(8-4)20(48-28)12-11-19-15(7-3)22(30(36,37)38)26(46-19)25(45-17)21(13)29(33,34)35/h9-12,45-48H,5-8H2,1-4H3/b10-9?,12-11?,17-9-,18-10-,19-11-,20-12-,26-25-,28-27-. The number of aromatic nitrogens is 4. The number of rotatable bonds is 4. The summed E-state index contributed by atoms with van der Waals surface area (Å²) in [6, 6.07) is 0. The summed E-state index contributed by atoms with van der Waals surface area (Å²) in [5.74, 6) is 0. The van der Waals surface area contributed by atoms with E-state index >= 15 is 0 Å². The summed E-state index contributed by atoms with van der Waals surface area (Å²) in [6.45, 7) is 5.30. The number of fused-ring (bicyclic) bond motifs is 8. The van der Waals surface area contributed by atoms with Crippen molar-refractivity contribution in [1.82, 2.24) is 19.9 Å². The lowest BCUT2D eigenvalue weighted by Gasteiger charge is -2.09. The summed E-state index contributed by atoms with van der Waals surface area (Å²) in [5, 5.41) is -5.15. The van der Waals surface area contributed by atoms with Gasteiger partial charge in [0.15, 0.2) is 0 Å². The Morgan fingerprint density at radius 2 is 0.521 bits per heavy atom. The average Bonchev–Trinajstić information content (AvgIpc) is 3.71. The van der Waals surface area contributed by atoms with Crippen molar-refractivity contribution in [3.8, 4) is 0 Å². The molecule has 0 amide bonds. The Kier molecular flexibility index (Phi) is 8.57. The molecule has 4 aromatic rings. The zero-order chi connectivity index (χ0) is 35.7. The molecule has 0 unspecified atom stereocenters. The maximum Gasteiger partial charge on any atom is 0.418 e. The summed E-state index contributed by atoms with van der Waals surface area (Å²) in [4.78, 5) is 9.70. The van der Waals surface area contributed by atoms with Crippen LogP contribution in [0.1, 0.15) is 72.2 Å². The van der Waals surface area contributed by atoms with Gasteiger partial charge >= 0.3 is 24.7 Å². The lowest BCUT2D eigenvalue weighted by molar-refractivity contribution is -0.141. The van der Waals surface area contributed by atoms with Gasteiger partial charge in [0.05, 0.1) is 43.7 Å². The van der Waals surface area contributed by atoms with E-state index in [-0.39, 0.29) is 47.1 Å². The lowest BCUT2D eigenvalue weighted by atomic mass is 10.0. The zero-order valence-corrected chi connectivity index (χ0v) is 25.7. The monoisotopic (exact) mass is 696 g/mol. The third kappa shape index (κ3) is 5.76. The van der Waals surface area contributed by atoms with Gasteiger partial charge in [0.1, 0.15) is 0 Å². The zero-order valence-electron chi connectivity index (χ0n) is 25.7. The van der Waals surface area contributed by atoms with Crippen molar-refractivity contribution in [1.29, 1.82) is 0 Å². The molecule has 1 aliphatic rings. The average molecular weight is 697 g/mol. The highest BCUT2D eigenvalue weighted by Crippen LogP contribution is 2.37. The molecular weight excluding hydrogens is 668 g/mol. The molecule has 260 valence electrons. The van der Waals surface area contributed by atoms with Crippen LogP contribution in [0.3, 0.4) is 0 Å². The van der Waals surface area contributed by atoms with Crippen molar-refractivity contribution in [2.75, 3.05) is 0 Å². The normalized spacial score (nSPS) is 18.3. The van der Waals surface area contributed by atoms with Gasteiger partial charge in [-0.3, -0.25) is 0 Å². The molecule has 4 N–H and O–H groups in total. The van der Waals surface area contributed by atoms with Crippen LogP contribution in [0.25, 0.3) is 24.3 Å². The molecule has 0 atom stereocenters. The lowest BCUT2D eigenvalue weighted by Crippen LogP contribution is -2.15. The molecule has 0 saturated heterocycles. The van der Waals surface area contributed by atoms with Gasteiger partial charge in [-0.25, -0.2) is 0 Å². The predicted octanol–water partition coefficient (Wildman–Crippen LogP) is 6.73. The van der Waals surface area contributed by atoms with Gasteiger partial charge in [-0.2, -0.15) is 52.7 Å². The van der Waals surface area contributed by atoms with Crippen LogP contribution in [-0.2, 0) is 50.4 Å². The van der Waals surface area contributed by atoms with Crippen LogP contribution >= 0.6 is 0 Å². The molecular formula is C32H28F12N4. The Morgan fingerprint density at radius 1 is 0.354 bits per heavy atom. The van der Waals surface area contributed by atoms with Gasteiger partial charge in [0.2, 0.25) is 0 Å². The molecule has 0 spiro atoms. The molecule has 4 aromatic heterocycles. The first-order chi connectivity index (χ1) is 22.2. The number of H-pyrrole nitrogens is 4. The number of alkyl halides is 12. The molecule has 0 aliphatic carbocycles. The highest BCUT2D eigenvalue weighted by atomic mass is 19.4. The van der Waals surface area contributed by atoms with Gasteiger partial charge < -0.3 is 19.9 Å². The van der Waals surface area contributed by atoms with Crippen LogP contribution in [0.2, 0.25) is 0 Å². The first-order valence-electron chi connectivity index (χ1n) is 14.8. The first-order valence-corrected chi connectivity index (χ1v) is 14.8. The second kappa shape index (κ2) is 11.7.